The van der Waals surface area contributed by atoms with Crippen molar-refractivity contribution in [1.29, 1.82) is 0 Å². The maximum Gasteiger partial charge on any atom is 0.410 e. The quantitative estimate of drug-likeness (QED) is 0.934. The Morgan fingerprint density at radius 1 is 1.30 bits per heavy atom. The summed E-state index contributed by atoms with van der Waals surface area (Å²) in [6.45, 7) is 0.872. The zero-order valence-corrected chi connectivity index (χ0v) is 12.7. The largest absolute Gasteiger partial charge is 0.477 e. The Morgan fingerprint density at radius 3 is 2.74 bits per heavy atom. The van der Waals surface area contributed by atoms with Gasteiger partial charge in [0.05, 0.1) is 12.2 Å². The van der Waals surface area contributed by atoms with Gasteiger partial charge in [-0.25, -0.2) is 9.59 Å². The molecule has 0 spiro atoms. The third-order valence-corrected chi connectivity index (χ3v) is 3.86. The minimum atomic E-state index is -1.04. The molecule has 1 aromatic heterocycles. The fraction of sp³-hybridized carbons (Fsp3) is 0.312. The smallest absolute Gasteiger partial charge is 0.410 e. The van der Waals surface area contributed by atoms with Crippen molar-refractivity contribution in [2.24, 2.45) is 7.05 Å². The van der Waals surface area contributed by atoms with E-state index in [0.29, 0.717) is 18.5 Å². The van der Waals surface area contributed by atoms with E-state index >= 15 is 0 Å². The number of aryl methyl sites for hydroxylation is 1. The molecule has 0 saturated carbocycles. The summed E-state index contributed by atoms with van der Waals surface area (Å²) in [6, 6.07) is 9.42. The van der Waals surface area contributed by atoms with E-state index in [-0.39, 0.29) is 18.8 Å². The summed E-state index contributed by atoms with van der Waals surface area (Å²) in [7, 11) is 1.60. The highest BCUT2D eigenvalue weighted by molar-refractivity contribution is 5.88. The first-order chi connectivity index (χ1) is 11.1. The van der Waals surface area contributed by atoms with Crippen molar-refractivity contribution in [3.63, 3.8) is 0 Å². The molecule has 0 aliphatic carbocycles. The molecule has 3 rings (SSSR count). The maximum absolute atomic E-state index is 12.2. The molecule has 0 atom stereocenters. The summed E-state index contributed by atoms with van der Waals surface area (Å²) in [5, 5.41) is 13.5. The highest BCUT2D eigenvalue weighted by atomic mass is 16.6. The minimum absolute atomic E-state index is 0.126. The molecule has 0 unspecified atom stereocenters. The van der Waals surface area contributed by atoms with Gasteiger partial charge in [-0.05, 0) is 5.56 Å². The van der Waals surface area contributed by atoms with E-state index in [2.05, 4.69) is 5.10 Å². The Hall–Kier alpha value is -2.83. The standard InChI is InChI=1S/C16H17N3O4/c1-18-14(15(20)21)12-9-19(8-7-13(12)17-18)16(22)23-10-11-5-3-2-4-6-11/h2-6H,7-10H2,1H3,(H,20,21). The van der Waals surface area contributed by atoms with E-state index in [9.17, 15) is 14.7 Å². The van der Waals surface area contributed by atoms with Gasteiger partial charge in [0.1, 0.15) is 6.61 Å². The number of carbonyl (C=O) groups is 2. The van der Waals surface area contributed by atoms with Crippen molar-refractivity contribution >= 4 is 12.1 Å². The minimum Gasteiger partial charge on any atom is -0.477 e. The second kappa shape index (κ2) is 6.12. The molecule has 1 N–H and O–H groups in total. The third kappa shape index (κ3) is 3.03. The first kappa shape index (κ1) is 15.1. The molecule has 7 heteroatoms. The molecular weight excluding hydrogens is 298 g/mol. The summed E-state index contributed by atoms with van der Waals surface area (Å²) in [5.74, 6) is -1.04. The summed E-state index contributed by atoms with van der Waals surface area (Å²) in [4.78, 5) is 25.1. The van der Waals surface area contributed by atoms with Crippen LogP contribution in [0.3, 0.4) is 0 Å². The maximum atomic E-state index is 12.2. The summed E-state index contributed by atoms with van der Waals surface area (Å²) in [6.07, 6.45) is 0.0800. The average Bonchev–Trinajstić information content (AvgIpc) is 2.88. The van der Waals surface area contributed by atoms with Gasteiger partial charge in [-0.2, -0.15) is 5.10 Å². The third-order valence-electron chi connectivity index (χ3n) is 3.86. The molecule has 1 aromatic carbocycles. The van der Waals surface area contributed by atoms with Crippen LogP contribution in [0.25, 0.3) is 0 Å². The molecule has 2 aromatic rings. The van der Waals surface area contributed by atoms with Crippen LogP contribution >= 0.6 is 0 Å². The van der Waals surface area contributed by atoms with Crippen molar-refractivity contribution < 1.29 is 19.4 Å². The van der Waals surface area contributed by atoms with Crippen LogP contribution in [-0.4, -0.2) is 38.4 Å². The predicted octanol–water partition coefficient (Wildman–Crippen LogP) is 1.81. The molecule has 0 saturated heterocycles. The van der Waals surface area contributed by atoms with Gasteiger partial charge < -0.3 is 14.7 Å². The first-order valence-corrected chi connectivity index (χ1v) is 7.30. The number of nitrogens with zero attached hydrogens (tertiary/aromatic N) is 3. The van der Waals surface area contributed by atoms with Gasteiger partial charge in [0, 0.05) is 25.6 Å². The van der Waals surface area contributed by atoms with Crippen LogP contribution in [0, 0.1) is 0 Å². The normalized spacial score (nSPS) is 13.5. The molecule has 23 heavy (non-hydrogen) atoms. The van der Waals surface area contributed by atoms with Gasteiger partial charge in [0.25, 0.3) is 0 Å². The number of hydrogen-bond donors (Lipinski definition) is 1. The van der Waals surface area contributed by atoms with Crippen LogP contribution in [0.1, 0.15) is 27.3 Å². The van der Waals surface area contributed by atoms with Gasteiger partial charge in [-0.1, -0.05) is 30.3 Å². The number of aromatic nitrogens is 2. The van der Waals surface area contributed by atoms with Crippen molar-refractivity contribution in [1.82, 2.24) is 14.7 Å². The van der Waals surface area contributed by atoms with Crippen LogP contribution in [0.15, 0.2) is 30.3 Å². The average molecular weight is 315 g/mol. The molecule has 120 valence electrons. The molecule has 7 nitrogen and oxygen atoms in total. The molecule has 0 bridgehead atoms. The topological polar surface area (TPSA) is 84.7 Å². The number of ether oxygens (including phenoxy) is 1. The second-order valence-corrected chi connectivity index (χ2v) is 5.41. The van der Waals surface area contributed by atoms with E-state index in [4.69, 9.17) is 4.74 Å². The Labute approximate surface area is 133 Å². The number of fused-ring (bicyclic) bond motifs is 1. The number of aromatic carboxylic acids is 1. The summed E-state index contributed by atoms with van der Waals surface area (Å²) in [5.41, 5.74) is 2.35. The van der Waals surface area contributed by atoms with E-state index < -0.39 is 12.1 Å². The fourth-order valence-electron chi connectivity index (χ4n) is 2.74. The van der Waals surface area contributed by atoms with Crippen LogP contribution < -0.4 is 0 Å². The first-order valence-electron chi connectivity index (χ1n) is 7.30. The molecule has 1 aliphatic rings. The van der Waals surface area contributed by atoms with E-state index in [1.807, 2.05) is 30.3 Å². The lowest BCUT2D eigenvalue weighted by molar-refractivity contribution is 0.0677. The molecule has 2 heterocycles. The molecule has 1 aliphatic heterocycles. The van der Waals surface area contributed by atoms with Crippen molar-refractivity contribution in [2.75, 3.05) is 6.54 Å². The zero-order valence-electron chi connectivity index (χ0n) is 12.7. The van der Waals surface area contributed by atoms with Crippen molar-refractivity contribution in [3.8, 4) is 0 Å². The number of carbonyl (C=O) groups excluding carboxylic acids is 1. The highest BCUT2D eigenvalue weighted by Crippen LogP contribution is 2.22. The molecular formula is C16H17N3O4. The second-order valence-electron chi connectivity index (χ2n) is 5.41. The van der Waals surface area contributed by atoms with Crippen LogP contribution in [-0.2, 0) is 31.4 Å². The number of amides is 1. The van der Waals surface area contributed by atoms with Crippen molar-refractivity contribution in [3.05, 3.63) is 52.8 Å². The summed E-state index contributed by atoms with van der Waals surface area (Å²) >= 11 is 0. The van der Waals surface area contributed by atoms with E-state index in [0.717, 1.165) is 11.3 Å². The number of benzene rings is 1. The van der Waals surface area contributed by atoms with Gasteiger partial charge in [-0.3, -0.25) is 4.68 Å². The van der Waals surface area contributed by atoms with E-state index in [1.54, 1.807) is 7.05 Å². The highest BCUT2D eigenvalue weighted by Gasteiger charge is 2.29. The molecule has 1 amide bonds. The monoisotopic (exact) mass is 315 g/mol. The fourth-order valence-corrected chi connectivity index (χ4v) is 2.74. The number of carboxylic acids is 1. The van der Waals surface area contributed by atoms with E-state index in [1.165, 1.54) is 9.58 Å². The lowest BCUT2D eigenvalue weighted by atomic mass is 10.1. The van der Waals surface area contributed by atoms with Gasteiger partial charge in [0.2, 0.25) is 0 Å². The Morgan fingerprint density at radius 2 is 2.04 bits per heavy atom. The molecule has 0 radical (unpaired) electrons. The van der Waals surface area contributed by atoms with Gasteiger partial charge >= 0.3 is 12.1 Å². The SMILES string of the molecule is Cn1nc2c(c1C(=O)O)CN(C(=O)OCc1ccccc1)CC2. The Balaban J connectivity index is 1.69. The van der Waals surface area contributed by atoms with Crippen LogP contribution in [0.5, 0.6) is 0 Å². The number of hydrogen-bond acceptors (Lipinski definition) is 4. The number of rotatable bonds is 3. The molecule has 0 fully saturated rings. The lowest BCUT2D eigenvalue weighted by Crippen LogP contribution is -2.36. The predicted molar refractivity (Wildman–Crippen MR) is 80.9 cm³/mol. The number of carboxylic acid groups (broad SMARTS) is 1. The zero-order chi connectivity index (χ0) is 16.4. The van der Waals surface area contributed by atoms with Gasteiger partial charge in [-0.15, -0.1) is 0 Å². The Bertz CT molecular complexity index is 739. The Kier molecular flexibility index (Phi) is 4.01. The summed E-state index contributed by atoms with van der Waals surface area (Å²) < 4.78 is 6.66. The van der Waals surface area contributed by atoms with Gasteiger partial charge in [0.15, 0.2) is 5.69 Å². The van der Waals surface area contributed by atoms with Crippen molar-refractivity contribution in [2.45, 2.75) is 19.6 Å². The lowest BCUT2D eigenvalue weighted by Gasteiger charge is -2.25. The van der Waals surface area contributed by atoms with Crippen LogP contribution in [0.2, 0.25) is 0 Å². The van der Waals surface area contributed by atoms with Crippen LogP contribution in [0.4, 0.5) is 4.79 Å².